The third-order valence-corrected chi connectivity index (χ3v) is 13.6. The van der Waals surface area contributed by atoms with Gasteiger partial charge in [-0.15, -0.1) is 0 Å². The van der Waals surface area contributed by atoms with E-state index < -0.39 is 35.0 Å². The van der Waals surface area contributed by atoms with E-state index in [4.69, 9.17) is 9.47 Å². The summed E-state index contributed by atoms with van der Waals surface area (Å²) in [6, 6.07) is 30.5. The second-order valence-corrected chi connectivity index (χ2v) is 16.8. The van der Waals surface area contributed by atoms with Crippen LogP contribution in [-0.4, -0.2) is 76.9 Å². The van der Waals surface area contributed by atoms with Crippen LogP contribution in [0.4, 0.5) is 5.69 Å². The van der Waals surface area contributed by atoms with Crippen LogP contribution < -0.4 is 14.9 Å². The molecule has 4 amide bonds. The second kappa shape index (κ2) is 15.8. The highest BCUT2D eigenvalue weighted by Crippen LogP contribution is 2.61. The molecule has 0 spiro atoms. The van der Waals surface area contributed by atoms with E-state index >= 15 is 4.79 Å². The van der Waals surface area contributed by atoms with Crippen LogP contribution >= 0.6 is 0 Å². The summed E-state index contributed by atoms with van der Waals surface area (Å²) in [6.07, 6.45) is 7.87. The van der Waals surface area contributed by atoms with Crippen molar-refractivity contribution in [3.8, 4) is 17.2 Å². The number of nitrogens with zero attached hydrogens (tertiary/aromatic N) is 3. The number of phenolic OH excluding ortho intramolecular Hbond substituents is 1. The van der Waals surface area contributed by atoms with Gasteiger partial charge in [0.1, 0.15) is 0 Å². The van der Waals surface area contributed by atoms with Gasteiger partial charge in [-0.1, -0.05) is 102 Å². The van der Waals surface area contributed by atoms with E-state index in [1.165, 1.54) is 24.8 Å². The zero-order valence-corrected chi connectivity index (χ0v) is 34.1. The van der Waals surface area contributed by atoms with E-state index in [-0.39, 0.29) is 53.3 Å². The number of hydrogen-bond acceptors (Lipinski definition) is 9. The van der Waals surface area contributed by atoms with Crippen LogP contribution in [0, 0.1) is 36.5 Å². The van der Waals surface area contributed by atoms with Gasteiger partial charge in [-0.2, -0.15) is 5.01 Å². The third-order valence-electron chi connectivity index (χ3n) is 13.6. The van der Waals surface area contributed by atoms with Crippen molar-refractivity contribution >= 4 is 35.4 Å². The number of rotatable bonds is 10. The molecule has 11 nitrogen and oxygen atoms in total. The number of methoxy groups -OCH3 is 2. The van der Waals surface area contributed by atoms with Crippen LogP contribution in [-0.2, 0) is 31.1 Å². The highest BCUT2D eigenvalue weighted by Gasteiger charge is 2.69. The lowest BCUT2D eigenvalue weighted by molar-refractivity contribution is -0.144. The van der Waals surface area contributed by atoms with Gasteiger partial charge in [-0.05, 0) is 79.5 Å². The molecule has 9 rings (SSSR count). The number of aryl methyl sites for hydroxylation is 1. The smallest absolute Gasteiger partial charge is 0.260 e. The number of allylic oxidation sites excluding steroid dienone is 3. The molecule has 5 aliphatic rings. The Labute approximate surface area is 350 Å². The van der Waals surface area contributed by atoms with E-state index in [0.717, 1.165) is 30.8 Å². The molecule has 4 fully saturated rings. The molecule has 0 radical (unpaired) electrons. The first kappa shape index (κ1) is 39.3. The first-order valence-corrected chi connectivity index (χ1v) is 20.9. The zero-order valence-electron chi connectivity index (χ0n) is 34.1. The summed E-state index contributed by atoms with van der Waals surface area (Å²) in [5, 5.41) is 11.9. The molecule has 60 heavy (non-hydrogen) atoms. The number of imide groups is 2. The van der Waals surface area contributed by atoms with Crippen molar-refractivity contribution in [1.82, 2.24) is 14.8 Å². The lowest BCUT2D eigenvalue weighted by atomic mass is 9.50. The van der Waals surface area contributed by atoms with Crippen LogP contribution in [0.1, 0.15) is 47.9 Å². The van der Waals surface area contributed by atoms with Crippen molar-refractivity contribution in [2.24, 2.45) is 29.6 Å². The number of nitrogens with one attached hydrogen (secondary N) is 1. The predicted molar refractivity (Wildman–Crippen MR) is 226 cm³/mol. The average molecular weight is 807 g/mol. The Balaban J connectivity index is 1.11. The Morgan fingerprint density at radius 2 is 1.47 bits per heavy atom. The number of likely N-dealkylation sites (tertiary alicyclic amines) is 2. The topological polar surface area (TPSA) is 129 Å². The summed E-state index contributed by atoms with van der Waals surface area (Å²) in [6.45, 7) is 4.35. The molecule has 0 aromatic heterocycles. The highest BCUT2D eigenvalue weighted by molar-refractivity contribution is 6.13. The average Bonchev–Trinajstić information content (AvgIpc) is 3.65. The largest absolute Gasteiger partial charge is 0.502 e. The third kappa shape index (κ3) is 6.46. The molecule has 0 unspecified atom stereocenters. The summed E-state index contributed by atoms with van der Waals surface area (Å²) in [7, 11) is 2.92. The minimum Gasteiger partial charge on any atom is -0.502 e. The summed E-state index contributed by atoms with van der Waals surface area (Å²) < 4.78 is 10.9. The number of hydrazine groups is 1. The molecular formula is C49H50N4O7. The number of benzene rings is 4. The maximum atomic E-state index is 15.4. The fourth-order valence-corrected chi connectivity index (χ4v) is 10.8. The second-order valence-electron chi connectivity index (χ2n) is 16.8. The van der Waals surface area contributed by atoms with Gasteiger partial charge in [-0.3, -0.25) is 34.4 Å². The maximum absolute atomic E-state index is 15.4. The Hall–Kier alpha value is -6.20. The summed E-state index contributed by atoms with van der Waals surface area (Å²) in [5.41, 5.74) is 6.85. The molecular weight excluding hydrogens is 757 g/mol. The molecule has 4 aromatic rings. The van der Waals surface area contributed by atoms with E-state index in [1.54, 1.807) is 17.0 Å². The fraction of sp³-hybridized carbons (Fsp3) is 0.347. The number of aromatic hydroxyl groups is 1. The first-order chi connectivity index (χ1) is 29.1. The van der Waals surface area contributed by atoms with Gasteiger partial charge in [0.2, 0.25) is 17.6 Å². The van der Waals surface area contributed by atoms with Gasteiger partial charge in [0.05, 0.1) is 43.1 Å². The number of phenols is 1. The minimum absolute atomic E-state index is 0.131. The minimum atomic E-state index is -1.39. The predicted octanol–water partition coefficient (Wildman–Crippen LogP) is 6.91. The number of ether oxygens (including phenoxy) is 2. The SMILES string of the molecule is COc1cc(C=C[C@H]2C3=CC[C@@H]4C(=O)N(C5CCN(Cc6ccccc6)CC5)C(=O)[C@@H]4[C@@H]3C[C@H]3C(=O)N(Nc4ccc(C)cc4)C(=O)[C@@]23c2ccccc2)cc(OC)c1O. The zero-order chi connectivity index (χ0) is 41.7. The molecule has 0 bridgehead atoms. The van der Waals surface area contributed by atoms with Crippen molar-refractivity contribution in [3.05, 3.63) is 137 Å². The Bertz CT molecular complexity index is 2350. The van der Waals surface area contributed by atoms with Gasteiger partial charge in [0, 0.05) is 31.6 Å². The molecule has 4 aromatic carbocycles. The van der Waals surface area contributed by atoms with Crippen LogP contribution in [0.5, 0.6) is 17.2 Å². The van der Waals surface area contributed by atoms with Crippen molar-refractivity contribution in [2.75, 3.05) is 32.7 Å². The molecule has 1 saturated carbocycles. The van der Waals surface area contributed by atoms with Gasteiger partial charge in [0.25, 0.3) is 11.8 Å². The Kier molecular flexibility index (Phi) is 10.3. The van der Waals surface area contributed by atoms with Crippen molar-refractivity contribution in [1.29, 1.82) is 0 Å². The number of anilines is 1. The normalized spacial score (nSPS) is 26.9. The van der Waals surface area contributed by atoms with E-state index in [2.05, 4.69) is 28.5 Å². The monoisotopic (exact) mass is 806 g/mol. The van der Waals surface area contributed by atoms with E-state index in [9.17, 15) is 19.5 Å². The summed E-state index contributed by atoms with van der Waals surface area (Å²) >= 11 is 0. The van der Waals surface area contributed by atoms with Crippen molar-refractivity contribution < 1.29 is 33.8 Å². The summed E-state index contributed by atoms with van der Waals surface area (Å²) in [4.78, 5) is 63.6. The molecule has 3 aliphatic heterocycles. The number of carbonyl (C=O) groups excluding carboxylic acids is 4. The molecule has 308 valence electrons. The highest BCUT2D eigenvalue weighted by atomic mass is 16.5. The van der Waals surface area contributed by atoms with Crippen molar-refractivity contribution in [3.63, 3.8) is 0 Å². The number of piperidine rings is 1. The lowest BCUT2D eigenvalue weighted by Crippen LogP contribution is -2.54. The molecule has 3 heterocycles. The lowest BCUT2D eigenvalue weighted by Gasteiger charge is -2.49. The van der Waals surface area contributed by atoms with E-state index in [1.807, 2.05) is 91.9 Å². The van der Waals surface area contributed by atoms with Gasteiger partial charge < -0.3 is 14.6 Å². The van der Waals surface area contributed by atoms with Crippen LogP contribution in [0.25, 0.3) is 6.08 Å². The van der Waals surface area contributed by atoms with Gasteiger partial charge in [0.15, 0.2) is 11.5 Å². The van der Waals surface area contributed by atoms with Gasteiger partial charge in [-0.25, -0.2) is 0 Å². The Morgan fingerprint density at radius 1 is 0.817 bits per heavy atom. The Morgan fingerprint density at radius 3 is 2.12 bits per heavy atom. The molecule has 2 N–H and O–H groups in total. The van der Waals surface area contributed by atoms with E-state index in [0.29, 0.717) is 36.1 Å². The number of hydrogen-bond donors (Lipinski definition) is 2. The molecule has 11 heteroatoms. The first-order valence-electron chi connectivity index (χ1n) is 20.9. The summed E-state index contributed by atoms with van der Waals surface area (Å²) in [5.74, 6) is -3.97. The molecule has 2 aliphatic carbocycles. The van der Waals surface area contributed by atoms with Gasteiger partial charge >= 0.3 is 0 Å². The van der Waals surface area contributed by atoms with Crippen LogP contribution in [0.3, 0.4) is 0 Å². The molecule has 3 saturated heterocycles. The van der Waals surface area contributed by atoms with Crippen molar-refractivity contribution in [2.45, 2.75) is 50.6 Å². The number of carbonyl (C=O) groups is 4. The number of fused-ring (bicyclic) bond motifs is 4. The van der Waals surface area contributed by atoms with Crippen LogP contribution in [0.15, 0.2) is 115 Å². The standard InChI is InChI=1S/C49H50N4O7/c1-30-14-17-34(18-15-30)50-53-46(56)40-28-38-36(19-20-37-43(38)47(57)52(45(37)55)35-22-24-51(25-23-35)29-31-10-6-4-7-11-31)39(49(40,48(53)58)33-12-8-5-9-13-33)21-16-32-26-41(59-2)44(54)42(27-32)60-3/h4-19,21,26-27,35,37-40,43,50,54H,20,22-25,28-29H2,1-3H3/t37-,38+,39-,40-,43-,49-/m0/s1. The van der Waals surface area contributed by atoms with Crippen LogP contribution in [0.2, 0.25) is 0 Å². The fourth-order valence-electron chi connectivity index (χ4n) is 10.8. The molecule has 6 atom stereocenters. The number of amides is 4. The maximum Gasteiger partial charge on any atom is 0.260 e. The quantitative estimate of drug-likeness (QED) is 0.130.